The average molecular weight is 250 g/mol. The minimum absolute atomic E-state index is 0.259. The summed E-state index contributed by atoms with van der Waals surface area (Å²) in [5.41, 5.74) is 8.24. The van der Waals surface area contributed by atoms with Crippen molar-refractivity contribution in [3.63, 3.8) is 0 Å². The van der Waals surface area contributed by atoms with Gasteiger partial charge in [-0.3, -0.25) is 0 Å². The largest absolute Gasteiger partial charge is 0.368 e. The van der Waals surface area contributed by atoms with Crippen LogP contribution < -0.4 is 21.9 Å². The van der Waals surface area contributed by atoms with E-state index in [1.54, 1.807) is 0 Å². The molecule has 1 aliphatic carbocycles. The Kier molecular flexibility index (Phi) is 4.19. The molecule has 0 spiro atoms. The first kappa shape index (κ1) is 12.9. The van der Waals surface area contributed by atoms with Gasteiger partial charge in [-0.2, -0.15) is 9.97 Å². The van der Waals surface area contributed by atoms with Gasteiger partial charge in [-0.1, -0.05) is 19.3 Å². The summed E-state index contributed by atoms with van der Waals surface area (Å²) in [5, 5.41) is 0. The van der Waals surface area contributed by atoms with Gasteiger partial charge < -0.3 is 16.1 Å². The molecule has 1 fully saturated rings. The maximum atomic E-state index is 5.71. The lowest BCUT2D eigenvalue weighted by molar-refractivity contribution is 0.416. The molecule has 0 saturated heterocycles. The van der Waals surface area contributed by atoms with Crippen LogP contribution in [0.2, 0.25) is 0 Å². The van der Waals surface area contributed by atoms with Gasteiger partial charge in [-0.25, -0.2) is 5.84 Å². The second-order valence-electron chi connectivity index (χ2n) is 4.69. The van der Waals surface area contributed by atoms with Gasteiger partial charge in [0.15, 0.2) is 0 Å². The average Bonchev–Trinajstić information content (AvgIpc) is 2.40. The standard InChI is InChI=1S/C12H22N6/c1-2-18(9-6-4-3-5-7-9)11-8-10(17-14)15-12(13)16-11/h8-9H,2-7,14H2,1H3,(H3,13,15,16,17). The number of nitrogens with one attached hydrogen (secondary N) is 1. The topological polar surface area (TPSA) is 93.1 Å². The maximum Gasteiger partial charge on any atom is 0.223 e. The van der Waals surface area contributed by atoms with E-state index in [1.165, 1.54) is 32.1 Å². The Hall–Kier alpha value is -1.56. The molecule has 0 amide bonds. The molecule has 18 heavy (non-hydrogen) atoms. The summed E-state index contributed by atoms with van der Waals surface area (Å²) in [6.07, 6.45) is 6.38. The van der Waals surface area contributed by atoms with E-state index in [2.05, 4.69) is 27.2 Å². The highest BCUT2D eigenvalue weighted by Gasteiger charge is 2.21. The molecule has 1 aliphatic rings. The molecule has 6 nitrogen and oxygen atoms in total. The number of nitrogens with two attached hydrogens (primary N) is 2. The van der Waals surface area contributed by atoms with E-state index in [1.807, 2.05) is 6.07 Å². The van der Waals surface area contributed by atoms with Gasteiger partial charge in [-0.05, 0) is 19.8 Å². The van der Waals surface area contributed by atoms with E-state index in [0.29, 0.717) is 11.9 Å². The van der Waals surface area contributed by atoms with Crippen LogP contribution in [0.4, 0.5) is 17.6 Å². The summed E-state index contributed by atoms with van der Waals surface area (Å²) in [5.74, 6) is 7.08. The highest BCUT2D eigenvalue weighted by molar-refractivity contribution is 5.52. The minimum atomic E-state index is 0.259. The van der Waals surface area contributed by atoms with Crippen molar-refractivity contribution in [1.29, 1.82) is 0 Å². The van der Waals surface area contributed by atoms with Crippen LogP contribution in [-0.2, 0) is 0 Å². The number of nitrogen functional groups attached to an aromatic ring is 2. The van der Waals surface area contributed by atoms with E-state index in [-0.39, 0.29) is 5.95 Å². The third-order valence-electron chi connectivity index (χ3n) is 3.53. The van der Waals surface area contributed by atoms with Crippen LogP contribution in [-0.4, -0.2) is 22.6 Å². The van der Waals surface area contributed by atoms with Gasteiger partial charge in [0.05, 0.1) is 0 Å². The number of hydrazine groups is 1. The fraction of sp³-hybridized carbons (Fsp3) is 0.667. The first-order chi connectivity index (χ1) is 8.74. The molecule has 1 saturated carbocycles. The predicted molar refractivity (Wildman–Crippen MR) is 74.1 cm³/mol. The Balaban J connectivity index is 2.22. The highest BCUT2D eigenvalue weighted by Crippen LogP contribution is 2.27. The molecule has 0 radical (unpaired) electrons. The smallest absolute Gasteiger partial charge is 0.223 e. The van der Waals surface area contributed by atoms with Crippen molar-refractivity contribution in [2.45, 2.75) is 45.1 Å². The second kappa shape index (κ2) is 5.86. The lowest BCUT2D eigenvalue weighted by atomic mass is 9.94. The van der Waals surface area contributed by atoms with Gasteiger partial charge >= 0.3 is 0 Å². The van der Waals surface area contributed by atoms with Gasteiger partial charge in [-0.15, -0.1) is 0 Å². The van der Waals surface area contributed by atoms with Gasteiger partial charge in [0, 0.05) is 18.7 Å². The van der Waals surface area contributed by atoms with Gasteiger partial charge in [0.1, 0.15) is 11.6 Å². The third-order valence-corrected chi connectivity index (χ3v) is 3.53. The van der Waals surface area contributed by atoms with Crippen molar-refractivity contribution < 1.29 is 0 Å². The molecule has 0 bridgehead atoms. The quantitative estimate of drug-likeness (QED) is 0.554. The van der Waals surface area contributed by atoms with Crippen LogP contribution in [0.3, 0.4) is 0 Å². The predicted octanol–water partition coefficient (Wildman–Crippen LogP) is 1.50. The molecule has 1 aromatic rings. The molecule has 1 heterocycles. The minimum Gasteiger partial charge on any atom is -0.368 e. The normalized spacial score (nSPS) is 16.6. The summed E-state index contributed by atoms with van der Waals surface area (Å²) in [4.78, 5) is 10.6. The zero-order valence-electron chi connectivity index (χ0n) is 10.9. The van der Waals surface area contributed by atoms with Crippen LogP contribution in [0.25, 0.3) is 0 Å². The van der Waals surface area contributed by atoms with Crippen LogP contribution in [0.5, 0.6) is 0 Å². The van der Waals surface area contributed by atoms with Crippen molar-refractivity contribution in [3.05, 3.63) is 6.07 Å². The fourth-order valence-corrected chi connectivity index (χ4v) is 2.67. The Bertz CT molecular complexity index is 388. The van der Waals surface area contributed by atoms with Crippen molar-refractivity contribution >= 4 is 17.6 Å². The van der Waals surface area contributed by atoms with Gasteiger partial charge in [0.2, 0.25) is 5.95 Å². The number of nitrogens with zero attached hydrogens (tertiary/aromatic N) is 3. The molecular formula is C12H22N6. The zero-order valence-corrected chi connectivity index (χ0v) is 10.9. The summed E-state index contributed by atoms with van der Waals surface area (Å²) < 4.78 is 0. The number of aromatic nitrogens is 2. The highest BCUT2D eigenvalue weighted by atomic mass is 15.3. The number of rotatable bonds is 4. The lowest BCUT2D eigenvalue weighted by Gasteiger charge is -2.34. The summed E-state index contributed by atoms with van der Waals surface area (Å²) in [7, 11) is 0. The molecule has 5 N–H and O–H groups in total. The van der Waals surface area contributed by atoms with E-state index >= 15 is 0 Å². The Morgan fingerprint density at radius 2 is 2.06 bits per heavy atom. The van der Waals surface area contributed by atoms with Crippen molar-refractivity contribution in [3.8, 4) is 0 Å². The van der Waals surface area contributed by atoms with Gasteiger partial charge in [0.25, 0.3) is 0 Å². The molecular weight excluding hydrogens is 228 g/mol. The maximum absolute atomic E-state index is 5.71. The first-order valence-electron chi connectivity index (χ1n) is 6.62. The summed E-state index contributed by atoms with van der Waals surface area (Å²) in [6, 6.07) is 2.41. The van der Waals surface area contributed by atoms with E-state index in [4.69, 9.17) is 11.6 Å². The number of hydrogen-bond acceptors (Lipinski definition) is 6. The van der Waals surface area contributed by atoms with Crippen molar-refractivity contribution in [1.82, 2.24) is 9.97 Å². The molecule has 0 unspecified atom stereocenters. The van der Waals surface area contributed by atoms with Crippen molar-refractivity contribution in [2.24, 2.45) is 5.84 Å². The third kappa shape index (κ3) is 2.81. The second-order valence-corrected chi connectivity index (χ2v) is 4.69. The fourth-order valence-electron chi connectivity index (χ4n) is 2.67. The molecule has 0 aromatic carbocycles. The molecule has 6 heteroatoms. The SMILES string of the molecule is CCN(c1cc(NN)nc(N)n1)C1CCCCC1. The Morgan fingerprint density at radius 3 is 2.67 bits per heavy atom. The zero-order chi connectivity index (χ0) is 13.0. The molecule has 1 aromatic heterocycles. The molecule has 2 rings (SSSR count). The Morgan fingerprint density at radius 1 is 1.33 bits per heavy atom. The monoisotopic (exact) mass is 250 g/mol. The van der Waals surface area contributed by atoms with Crippen LogP contribution in [0.15, 0.2) is 6.07 Å². The van der Waals surface area contributed by atoms with E-state index in [9.17, 15) is 0 Å². The number of anilines is 3. The summed E-state index contributed by atoms with van der Waals surface area (Å²) >= 11 is 0. The van der Waals surface area contributed by atoms with Crippen LogP contribution in [0, 0.1) is 0 Å². The van der Waals surface area contributed by atoms with Crippen LogP contribution >= 0.6 is 0 Å². The van der Waals surface area contributed by atoms with E-state index in [0.717, 1.165) is 12.4 Å². The van der Waals surface area contributed by atoms with Crippen molar-refractivity contribution in [2.75, 3.05) is 22.6 Å². The Labute approximate surface area is 108 Å². The molecule has 0 atom stereocenters. The lowest BCUT2D eigenvalue weighted by Crippen LogP contribution is -2.37. The molecule has 0 aliphatic heterocycles. The number of hydrogen-bond donors (Lipinski definition) is 3. The first-order valence-corrected chi connectivity index (χ1v) is 6.62. The molecule has 100 valence electrons. The van der Waals surface area contributed by atoms with Crippen LogP contribution in [0.1, 0.15) is 39.0 Å². The van der Waals surface area contributed by atoms with E-state index < -0.39 is 0 Å². The summed E-state index contributed by atoms with van der Waals surface area (Å²) in [6.45, 7) is 3.06.